The lowest BCUT2D eigenvalue weighted by Gasteiger charge is -2.60. The molecule has 1 N–H and O–H groups in total. The molecule has 244 valence electrons. The Balaban J connectivity index is 1.21. The number of likely N-dealkylation sites (tertiary alicyclic amines) is 1. The molecule has 0 unspecified atom stereocenters. The summed E-state index contributed by atoms with van der Waals surface area (Å²) < 4.78 is 51.3. The van der Waals surface area contributed by atoms with E-state index in [1.54, 1.807) is 11.9 Å². The van der Waals surface area contributed by atoms with Gasteiger partial charge in [-0.3, -0.25) is 14.5 Å². The van der Waals surface area contributed by atoms with Crippen LogP contribution in [-0.2, 0) is 34.0 Å². The lowest BCUT2D eigenvalue weighted by atomic mass is 9.50. The average molecular weight is 645 g/mol. The van der Waals surface area contributed by atoms with Gasteiger partial charge in [-0.1, -0.05) is 36.3 Å². The van der Waals surface area contributed by atoms with Crippen LogP contribution in [0.3, 0.4) is 0 Å². The topological polar surface area (TPSA) is 79.3 Å². The predicted molar refractivity (Wildman–Crippen MR) is 167 cm³/mol. The highest BCUT2D eigenvalue weighted by molar-refractivity contribution is 5.94. The van der Waals surface area contributed by atoms with Crippen molar-refractivity contribution in [2.75, 3.05) is 20.1 Å². The Kier molecular flexibility index (Phi) is 7.71. The summed E-state index contributed by atoms with van der Waals surface area (Å²) in [6, 6.07) is 16.0. The Bertz CT molecular complexity index is 1780. The number of esters is 1. The third-order valence-electron chi connectivity index (χ3n) is 10.6. The molecule has 1 saturated carbocycles. The van der Waals surface area contributed by atoms with Crippen molar-refractivity contribution in [1.29, 1.82) is 0 Å². The van der Waals surface area contributed by atoms with Crippen LogP contribution in [0.1, 0.15) is 54.0 Å². The number of benzene rings is 3. The summed E-state index contributed by atoms with van der Waals surface area (Å²) in [6.45, 7) is 3.02. The van der Waals surface area contributed by atoms with Gasteiger partial charge in [0, 0.05) is 60.7 Å². The zero-order chi connectivity index (χ0) is 33.1. The summed E-state index contributed by atoms with van der Waals surface area (Å²) in [5.74, 6) is 5.22. The number of phenolic OH excluding ortho intramolecular Hbond substituents is 1. The van der Waals surface area contributed by atoms with E-state index in [0.29, 0.717) is 29.9 Å². The second-order valence-electron chi connectivity index (χ2n) is 13.0. The Morgan fingerprint density at radius 2 is 1.87 bits per heavy atom. The van der Waals surface area contributed by atoms with Crippen molar-refractivity contribution in [3.8, 4) is 29.1 Å². The summed E-state index contributed by atoms with van der Waals surface area (Å²) >= 11 is 0. The third-order valence-corrected chi connectivity index (χ3v) is 10.6. The molecule has 2 bridgehead atoms. The van der Waals surface area contributed by atoms with E-state index in [4.69, 9.17) is 9.47 Å². The number of nitrogens with zero attached hydrogens (tertiary/aromatic N) is 2. The van der Waals surface area contributed by atoms with E-state index in [-0.39, 0.29) is 23.8 Å². The molecule has 1 amide bonds. The molecule has 3 aromatic carbocycles. The molecule has 4 aliphatic rings. The number of hydrogen-bond acceptors (Lipinski definition) is 6. The highest BCUT2D eigenvalue weighted by atomic mass is 19.4. The van der Waals surface area contributed by atoms with Crippen LogP contribution in [0.15, 0.2) is 60.7 Å². The number of rotatable bonds is 5. The van der Waals surface area contributed by atoms with Gasteiger partial charge in [0.05, 0.1) is 11.6 Å². The number of alkyl halides is 3. The molecule has 2 heterocycles. The predicted octanol–water partition coefficient (Wildman–Crippen LogP) is 5.50. The molecule has 3 aromatic rings. The maximum Gasteiger partial charge on any atom is 0.416 e. The lowest BCUT2D eigenvalue weighted by molar-refractivity contribution is -0.137. The van der Waals surface area contributed by atoms with Gasteiger partial charge in [-0.2, -0.15) is 13.2 Å². The van der Waals surface area contributed by atoms with Gasteiger partial charge in [-0.05, 0) is 74.4 Å². The van der Waals surface area contributed by atoms with Gasteiger partial charge < -0.3 is 19.5 Å². The number of halogens is 3. The minimum atomic E-state index is -4.46. The molecule has 5 atom stereocenters. The maximum absolute atomic E-state index is 13.5. The quantitative estimate of drug-likeness (QED) is 0.225. The van der Waals surface area contributed by atoms with Crippen LogP contribution in [0, 0.1) is 17.8 Å². The number of ether oxygens (including phenoxy) is 2. The molecular formula is C37H35F3N2O5. The molecule has 2 aliphatic carbocycles. The first-order valence-electron chi connectivity index (χ1n) is 16.0. The number of carbonyl (C=O) groups is 2. The van der Waals surface area contributed by atoms with Crippen molar-refractivity contribution in [1.82, 2.24) is 9.80 Å². The van der Waals surface area contributed by atoms with Gasteiger partial charge >= 0.3 is 12.1 Å². The molecule has 7 rings (SSSR count). The van der Waals surface area contributed by atoms with Crippen LogP contribution < -0.4 is 9.47 Å². The summed E-state index contributed by atoms with van der Waals surface area (Å²) in [5.41, 5.74) is 2.04. The van der Waals surface area contributed by atoms with E-state index in [1.165, 1.54) is 30.7 Å². The molecule has 0 aromatic heterocycles. The first-order valence-corrected chi connectivity index (χ1v) is 16.0. The van der Waals surface area contributed by atoms with E-state index in [1.807, 2.05) is 18.2 Å². The minimum Gasteiger partial charge on any atom is -0.504 e. The fraction of sp³-hybridized carbons (Fsp3) is 0.405. The first-order chi connectivity index (χ1) is 22.5. The Labute approximate surface area is 271 Å². The molecule has 7 nitrogen and oxygen atoms in total. The fourth-order valence-corrected chi connectivity index (χ4v) is 8.59. The number of carbonyl (C=O) groups excluding carboxylic acids is 2. The minimum absolute atomic E-state index is 0.0951. The van der Waals surface area contributed by atoms with E-state index in [0.717, 1.165) is 55.6 Å². The van der Waals surface area contributed by atoms with E-state index < -0.39 is 35.1 Å². The van der Waals surface area contributed by atoms with Gasteiger partial charge in [-0.25, -0.2) is 0 Å². The van der Waals surface area contributed by atoms with E-state index in [9.17, 15) is 27.9 Å². The molecule has 0 radical (unpaired) electrons. The molecule has 2 fully saturated rings. The number of likely N-dealkylation sites (N-methyl/N-ethyl adjacent to an activating group) is 1. The Morgan fingerprint density at radius 1 is 1.13 bits per heavy atom. The summed E-state index contributed by atoms with van der Waals surface area (Å²) in [6.07, 6.45) is -1.15. The molecule has 47 heavy (non-hydrogen) atoms. The molecule has 1 spiro atoms. The zero-order valence-electron chi connectivity index (χ0n) is 26.1. The van der Waals surface area contributed by atoms with Crippen molar-refractivity contribution >= 4 is 11.9 Å². The number of hydrogen-bond donors (Lipinski definition) is 1. The lowest BCUT2D eigenvalue weighted by Crippen LogP contribution is -2.69. The fourth-order valence-electron chi connectivity index (χ4n) is 8.59. The normalized spacial score (nSPS) is 25.6. The third kappa shape index (κ3) is 5.31. The number of amides is 1. The SMILES string of the molecule is CC(=O)Oc1cc(O)c2c3c1C[C@@H]1[C@@H]4CC[C@H](N(C)C(=O)C#Cc5ccc(C(F)(F)F)cc5)[C@H](O2)[C@]34CCN1CCc1ccccc1. The maximum atomic E-state index is 13.5. The molecule has 1 saturated heterocycles. The molecule has 10 heteroatoms. The second-order valence-corrected chi connectivity index (χ2v) is 13.0. The van der Waals surface area contributed by atoms with Gasteiger partial charge in [0.1, 0.15) is 11.9 Å². The van der Waals surface area contributed by atoms with Gasteiger partial charge in [0.2, 0.25) is 0 Å². The van der Waals surface area contributed by atoms with Crippen LogP contribution in [0.25, 0.3) is 0 Å². The van der Waals surface area contributed by atoms with Crippen LogP contribution in [0.5, 0.6) is 17.2 Å². The van der Waals surface area contributed by atoms with Crippen LogP contribution >= 0.6 is 0 Å². The smallest absolute Gasteiger partial charge is 0.416 e. The number of aromatic hydroxyl groups is 1. The van der Waals surface area contributed by atoms with E-state index >= 15 is 0 Å². The van der Waals surface area contributed by atoms with Crippen molar-refractivity contribution in [2.45, 2.75) is 68.8 Å². The molecule has 2 aliphatic heterocycles. The van der Waals surface area contributed by atoms with Gasteiger partial charge in [0.15, 0.2) is 11.5 Å². The Hall–Kier alpha value is -4.49. The van der Waals surface area contributed by atoms with Crippen LogP contribution in [0.4, 0.5) is 13.2 Å². The average Bonchev–Trinajstić information content (AvgIpc) is 3.39. The summed E-state index contributed by atoms with van der Waals surface area (Å²) in [5, 5.41) is 11.2. The van der Waals surface area contributed by atoms with Crippen molar-refractivity contribution < 1.29 is 37.3 Å². The largest absolute Gasteiger partial charge is 0.504 e. The van der Waals surface area contributed by atoms with Gasteiger partial charge in [0.25, 0.3) is 5.91 Å². The Morgan fingerprint density at radius 3 is 2.57 bits per heavy atom. The zero-order valence-corrected chi connectivity index (χ0v) is 26.1. The summed E-state index contributed by atoms with van der Waals surface area (Å²) in [4.78, 5) is 29.7. The molecular weight excluding hydrogens is 609 g/mol. The summed E-state index contributed by atoms with van der Waals surface area (Å²) in [7, 11) is 1.68. The second kappa shape index (κ2) is 11.6. The highest BCUT2D eigenvalue weighted by Gasteiger charge is 2.67. The van der Waals surface area contributed by atoms with Crippen molar-refractivity contribution in [2.24, 2.45) is 5.92 Å². The van der Waals surface area contributed by atoms with Crippen molar-refractivity contribution in [3.63, 3.8) is 0 Å². The van der Waals surface area contributed by atoms with Crippen LogP contribution in [0.2, 0.25) is 0 Å². The highest BCUT2D eigenvalue weighted by Crippen LogP contribution is 2.65. The van der Waals surface area contributed by atoms with Crippen molar-refractivity contribution in [3.05, 3.63) is 88.5 Å². The number of piperidine rings is 1. The number of phenols is 1. The standard InChI is InChI=1S/C37H35F3N2O5/c1-22(43)46-31-21-30(44)34-33-26(31)20-29-27-13-14-28(41(2)32(45)15-10-24-8-11-25(12-9-24)37(38,39)40)35(47-34)36(27,33)17-19-42(29)18-16-23-6-4-3-5-7-23/h3-9,11-12,21,27-29,35,44H,13-14,16-20H2,1-2H3/t27-,28-,29+,35-,36-/m0/s1. The van der Waals surface area contributed by atoms with Crippen LogP contribution in [-0.4, -0.2) is 65.1 Å². The monoisotopic (exact) mass is 644 g/mol. The van der Waals surface area contributed by atoms with E-state index in [2.05, 4.69) is 28.9 Å². The van der Waals surface area contributed by atoms with Gasteiger partial charge in [-0.15, -0.1) is 0 Å². The first kappa shape index (κ1) is 31.1.